The molecular weight excluding hydrogens is 264 g/mol. The van der Waals surface area contributed by atoms with Crippen LogP contribution in [0.4, 0.5) is 0 Å². The monoisotopic (exact) mass is 282 g/mol. The van der Waals surface area contributed by atoms with Crippen LogP contribution in [0.2, 0.25) is 0 Å². The Bertz CT molecular complexity index is 555. The van der Waals surface area contributed by atoms with Gasteiger partial charge >= 0.3 is 0 Å². The Morgan fingerprint density at radius 2 is 1.79 bits per heavy atom. The van der Waals surface area contributed by atoms with Crippen molar-refractivity contribution in [2.75, 3.05) is 19.8 Å². The molecule has 1 aliphatic heterocycles. The zero-order chi connectivity index (χ0) is 14.0. The van der Waals surface area contributed by atoms with Gasteiger partial charge in [0.15, 0.2) is 0 Å². The van der Waals surface area contributed by atoms with Gasteiger partial charge in [-0.25, -0.2) is 8.42 Å². The Kier molecular flexibility index (Phi) is 3.91. The Labute approximate surface area is 113 Å². The molecule has 0 bridgehead atoms. The number of benzene rings is 1. The van der Waals surface area contributed by atoms with Crippen LogP contribution in [-0.4, -0.2) is 43.3 Å². The first-order valence-corrected chi connectivity index (χ1v) is 7.71. The van der Waals surface area contributed by atoms with E-state index in [9.17, 15) is 13.2 Å². The van der Waals surface area contributed by atoms with Gasteiger partial charge in [-0.3, -0.25) is 4.79 Å². The number of hydrogen-bond acceptors (Lipinski definition) is 3. The second kappa shape index (κ2) is 5.30. The predicted octanol–water partition coefficient (Wildman–Crippen LogP) is 1.13. The number of amides is 1. The SMILES string of the molecule is CC(C)C(=O)N1CCN(S(=O)(=O)c2ccccc2)C1. The highest BCUT2D eigenvalue weighted by Crippen LogP contribution is 2.19. The molecule has 2 rings (SSSR count). The fraction of sp³-hybridized carbons (Fsp3) is 0.462. The molecule has 1 fully saturated rings. The molecular formula is C13H18N2O3S. The van der Waals surface area contributed by atoms with Gasteiger partial charge in [-0.1, -0.05) is 32.0 Å². The zero-order valence-electron chi connectivity index (χ0n) is 11.1. The van der Waals surface area contributed by atoms with Crippen molar-refractivity contribution >= 4 is 15.9 Å². The molecule has 0 aromatic heterocycles. The summed E-state index contributed by atoms with van der Waals surface area (Å²) in [5.74, 6) is -0.120. The summed E-state index contributed by atoms with van der Waals surface area (Å²) in [5, 5.41) is 0. The van der Waals surface area contributed by atoms with Crippen molar-refractivity contribution in [3.8, 4) is 0 Å². The van der Waals surface area contributed by atoms with Crippen molar-refractivity contribution in [2.45, 2.75) is 18.7 Å². The van der Waals surface area contributed by atoms with E-state index < -0.39 is 10.0 Å². The minimum atomic E-state index is -3.49. The highest BCUT2D eigenvalue weighted by Gasteiger charge is 2.33. The molecule has 6 heteroatoms. The van der Waals surface area contributed by atoms with Crippen LogP contribution in [-0.2, 0) is 14.8 Å². The summed E-state index contributed by atoms with van der Waals surface area (Å²) in [7, 11) is -3.49. The molecule has 1 aromatic rings. The number of sulfonamides is 1. The Hall–Kier alpha value is -1.40. The number of carbonyl (C=O) groups is 1. The molecule has 0 atom stereocenters. The summed E-state index contributed by atoms with van der Waals surface area (Å²) in [5.41, 5.74) is 0. The molecule has 1 aromatic carbocycles. The minimum Gasteiger partial charge on any atom is -0.327 e. The first-order chi connectivity index (χ1) is 8.93. The van der Waals surface area contributed by atoms with E-state index in [-0.39, 0.29) is 23.4 Å². The first kappa shape index (κ1) is 14.0. The fourth-order valence-electron chi connectivity index (χ4n) is 2.05. The van der Waals surface area contributed by atoms with E-state index in [1.165, 1.54) is 4.31 Å². The maximum Gasteiger partial charge on any atom is 0.244 e. The van der Waals surface area contributed by atoms with Crippen molar-refractivity contribution in [1.82, 2.24) is 9.21 Å². The van der Waals surface area contributed by atoms with Gasteiger partial charge in [0.05, 0.1) is 11.6 Å². The van der Waals surface area contributed by atoms with Crippen LogP contribution >= 0.6 is 0 Å². The smallest absolute Gasteiger partial charge is 0.244 e. The average molecular weight is 282 g/mol. The van der Waals surface area contributed by atoms with E-state index in [0.29, 0.717) is 13.1 Å². The Morgan fingerprint density at radius 1 is 1.16 bits per heavy atom. The molecule has 0 saturated carbocycles. The van der Waals surface area contributed by atoms with Crippen molar-refractivity contribution in [2.24, 2.45) is 5.92 Å². The largest absolute Gasteiger partial charge is 0.327 e. The van der Waals surface area contributed by atoms with E-state index in [1.54, 1.807) is 35.2 Å². The van der Waals surface area contributed by atoms with Gasteiger partial charge in [0.25, 0.3) is 0 Å². The molecule has 5 nitrogen and oxygen atoms in total. The Balaban J connectivity index is 2.15. The maximum absolute atomic E-state index is 12.4. The normalized spacial score (nSPS) is 17.1. The first-order valence-electron chi connectivity index (χ1n) is 6.27. The summed E-state index contributed by atoms with van der Waals surface area (Å²) < 4.78 is 26.1. The third-order valence-electron chi connectivity index (χ3n) is 3.13. The quantitative estimate of drug-likeness (QED) is 0.835. The van der Waals surface area contributed by atoms with Crippen molar-refractivity contribution in [1.29, 1.82) is 0 Å². The molecule has 0 aliphatic carbocycles. The van der Waals surface area contributed by atoms with Gasteiger partial charge in [-0.05, 0) is 12.1 Å². The predicted molar refractivity (Wildman–Crippen MR) is 71.8 cm³/mol. The van der Waals surface area contributed by atoms with E-state index in [1.807, 2.05) is 13.8 Å². The molecule has 1 amide bonds. The third-order valence-corrected chi connectivity index (χ3v) is 4.98. The summed E-state index contributed by atoms with van der Waals surface area (Å²) in [4.78, 5) is 13.7. The lowest BCUT2D eigenvalue weighted by Gasteiger charge is -2.19. The lowest BCUT2D eigenvalue weighted by molar-refractivity contribution is -0.133. The number of carbonyl (C=O) groups excluding carboxylic acids is 1. The topological polar surface area (TPSA) is 57.7 Å². The van der Waals surface area contributed by atoms with Crippen LogP contribution in [0, 0.1) is 5.92 Å². The van der Waals surface area contributed by atoms with Gasteiger partial charge in [0.2, 0.25) is 15.9 Å². The minimum absolute atomic E-state index is 0.00855. The van der Waals surface area contributed by atoms with Crippen LogP contribution < -0.4 is 0 Å². The van der Waals surface area contributed by atoms with Gasteiger partial charge in [0.1, 0.15) is 0 Å². The summed E-state index contributed by atoms with van der Waals surface area (Å²) in [6.45, 7) is 4.60. The van der Waals surface area contributed by atoms with Crippen LogP contribution in [0.3, 0.4) is 0 Å². The molecule has 19 heavy (non-hydrogen) atoms. The molecule has 0 spiro atoms. The third kappa shape index (κ3) is 2.79. The molecule has 0 unspecified atom stereocenters. The van der Waals surface area contributed by atoms with Gasteiger partial charge in [0, 0.05) is 19.0 Å². The van der Waals surface area contributed by atoms with Gasteiger partial charge in [-0.15, -0.1) is 0 Å². The summed E-state index contributed by atoms with van der Waals surface area (Å²) in [6, 6.07) is 8.31. The van der Waals surface area contributed by atoms with Crippen molar-refractivity contribution < 1.29 is 13.2 Å². The van der Waals surface area contributed by atoms with E-state index in [0.717, 1.165) is 0 Å². The molecule has 1 heterocycles. The second-order valence-electron chi connectivity index (χ2n) is 4.89. The molecule has 104 valence electrons. The van der Waals surface area contributed by atoms with E-state index in [4.69, 9.17) is 0 Å². The van der Waals surface area contributed by atoms with Crippen LogP contribution in [0.15, 0.2) is 35.2 Å². The number of rotatable bonds is 3. The fourth-order valence-corrected chi connectivity index (χ4v) is 3.46. The summed E-state index contributed by atoms with van der Waals surface area (Å²) in [6.07, 6.45) is 0. The molecule has 1 saturated heterocycles. The molecule has 0 radical (unpaired) electrons. The maximum atomic E-state index is 12.4. The Morgan fingerprint density at radius 3 is 2.37 bits per heavy atom. The summed E-state index contributed by atoms with van der Waals surface area (Å²) >= 11 is 0. The number of nitrogens with zero attached hydrogens (tertiary/aromatic N) is 2. The van der Waals surface area contributed by atoms with E-state index >= 15 is 0 Å². The molecule has 1 aliphatic rings. The van der Waals surface area contributed by atoms with Crippen LogP contribution in [0.1, 0.15) is 13.8 Å². The van der Waals surface area contributed by atoms with Gasteiger partial charge < -0.3 is 4.90 Å². The zero-order valence-corrected chi connectivity index (χ0v) is 11.9. The molecule has 0 N–H and O–H groups in total. The van der Waals surface area contributed by atoms with E-state index in [2.05, 4.69) is 0 Å². The number of hydrogen-bond donors (Lipinski definition) is 0. The lowest BCUT2D eigenvalue weighted by atomic mass is 10.2. The second-order valence-corrected chi connectivity index (χ2v) is 6.83. The van der Waals surface area contributed by atoms with Crippen molar-refractivity contribution in [3.63, 3.8) is 0 Å². The van der Waals surface area contributed by atoms with Crippen molar-refractivity contribution in [3.05, 3.63) is 30.3 Å². The van der Waals surface area contributed by atoms with Crippen LogP contribution in [0.25, 0.3) is 0 Å². The standard InChI is InChI=1S/C13H18N2O3S/c1-11(2)13(16)14-8-9-15(10-14)19(17,18)12-6-4-3-5-7-12/h3-7,11H,8-10H2,1-2H3. The van der Waals surface area contributed by atoms with Crippen LogP contribution in [0.5, 0.6) is 0 Å². The highest BCUT2D eigenvalue weighted by atomic mass is 32.2. The average Bonchev–Trinajstić information content (AvgIpc) is 2.89. The van der Waals surface area contributed by atoms with Gasteiger partial charge in [-0.2, -0.15) is 4.31 Å². The lowest BCUT2D eigenvalue weighted by Crippen LogP contribution is -2.35. The highest BCUT2D eigenvalue weighted by molar-refractivity contribution is 7.89.